The number of amides is 2. The summed E-state index contributed by atoms with van der Waals surface area (Å²) in [4.78, 5) is 48.6. The molecule has 0 bridgehead atoms. The van der Waals surface area contributed by atoms with Crippen LogP contribution >= 0.6 is 0 Å². The molecule has 0 N–H and O–H groups in total. The normalized spacial score (nSPS) is 13.4. The second-order valence-electron chi connectivity index (χ2n) is 6.02. The summed E-state index contributed by atoms with van der Waals surface area (Å²) in [5.74, 6) is -1.29. The van der Waals surface area contributed by atoms with E-state index in [9.17, 15) is 19.2 Å². The third-order valence-corrected chi connectivity index (χ3v) is 3.67. The van der Waals surface area contributed by atoms with E-state index in [-0.39, 0.29) is 43.1 Å². The van der Waals surface area contributed by atoms with Gasteiger partial charge < -0.3 is 4.74 Å². The fourth-order valence-corrected chi connectivity index (χ4v) is 2.59. The lowest BCUT2D eigenvalue weighted by Crippen LogP contribution is -2.30. The van der Waals surface area contributed by atoms with Gasteiger partial charge in [0.1, 0.15) is 12.2 Å². The van der Waals surface area contributed by atoms with E-state index in [0.717, 1.165) is 0 Å². The molecule has 0 spiro atoms. The lowest BCUT2D eigenvalue weighted by Gasteiger charge is -2.13. The molecule has 0 aliphatic carbocycles. The van der Waals surface area contributed by atoms with Gasteiger partial charge >= 0.3 is 5.97 Å². The van der Waals surface area contributed by atoms with Crippen molar-refractivity contribution < 1.29 is 23.9 Å². The summed E-state index contributed by atoms with van der Waals surface area (Å²) in [7, 11) is 0. The zero-order chi connectivity index (χ0) is 17.7. The topological polar surface area (TPSA) is 80.8 Å². The predicted octanol–water partition coefficient (Wildman–Crippen LogP) is 2.36. The van der Waals surface area contributed by atoms with Crippen molar-refractivity contribution in [2.45, 2.75) is 45.6 Å². The summed E-state index contributed by atoms with van der Waals surface area (Å²) >= 11 is 0. The van der Waals surface area contributed by atoms with Gasteiger partial charge in [0, 0.05) is 13.0 Å². The first-order chi connectivity index (χ1) is 11.4. The average molecular weight is 331 g/mol. The minimum atomic E-state index is -0.518. The third kappa shape index (κ3) is 4.28. The van der Waals surface area contributed by atoms with Gasteiger partial charge in [-0.3, -0.25) is 24.1 Å². The molecule has 1 aromatic rings. The molecule has 6 nitrogen and oxygen atoms in total. The molecule has 0 radical (unpaired) electrons. The van der Waals surface area contributed by atoms with Crippen LogP contribution in [0.5, 0.6) is 0 Å². The SMILES string of the molecule is CC(C)OC(=O)CC(=O)CCCCN1C(=O)c2ccccc2C1=O. The van der Waals surface area contributed by atoms with Gasteiger partial charge in [0.2, 0.25) is 0 Å². The molecule has 0 atom stereocenters. The number of nitrogens with zero attached hydrogens (tertiary/aromatic N) is 1. The number of ketones is 1. The number of ether oxygens (including phenoxy) is 1. The predicted molar refractivity (Wildman–Crippen MR) is 86.5 cm³/mol. The first-order valence-corrected chi connectivity index (χ1v) is 8.06. The number of carbonyl (C=O) groups excluding carboxylic acids is 4. The number of hydrogen-bond donors (Lipinski definition) is 0. The van der Waals surface area contributed by atoms with E-state index in [2.05, 4.69) is 0 Å². The molecule has 0 saturated carbocycles. The number of benzene rings is 1. The number of unbranched alkanes of at least 4 members (excludes halogenated alkanes) is 1. The van der Waals surface area contributed by atoms with E-state index in [4.69, 9.17) is 4.74 Å². The second kappa shape index (κ2) is 7.86. The summed E-state index contributed by atoms with van der Waals surface area (Å²) in [6, 6.07) is 6.73. The molecule has 0 aromatic heterocycles. The Morgan fingerprint density at radius 1 is 1.04 bits per heavy atom. The molecule has 128 valence electrons. The summed E-state index contributed by atoms with van der Waals surface area (Å²) in [6.07, 6.45) is 0.804. The maximum absolute atomic E-state index is 12.2. The number of hydrogen-bond acceptors (Lipinski definition) is 5. The fraction of sp³-hybridized carbons (Fsp3) is 0.444. The first-order valence-electron chi connectivity index (χ1n) is 8.06. The van der Waals surface area contributed by atoms with E-state index in [0.29, 0.717) is 24.0 Å². The highest BCUT2D eigenvalue weighted by molar-refractivity contribution is 6.21. The van der Waals surface area contributed by atoms with Crippen LogP contribution in [-0.2, 0) is 14.3 Å². The van der Waals surface area contributed by atoms with E-state index < -0.39 is 5.97 Å². The van der Waals surface area contributed by atoms with Gasteiger partial charge in [0.15, 0.2) is 0 Å². The number of imide groups is 1. The van der Waals surface area contributed by atoms with Gasteiger partial charge in [-0.15, -0.1) is 0 Å². The Hall–Kier alpha value is -2.50. The van der Waals surface area contributed by atoms with Crippen molar-refractivity contribution in [3.63, 3.8) is 0 Å². The quantitative estimate of drug-likeness (QED) is 0.316. The monoisotopic (exact) mass is 331 g/mol. The molecule has 0 saturated heterocycles. The largest absolute Gasteiger partial charge is 0.463 e. The highest BCUT2D eigenvalue weighted by Gasteiger charge is 2.34. The molecule has 2 amide bonds. The zero-order valence-corrected chi connectivity index (χ0v) is 13.9. The fourth-order valence-electron chi connectivity index (χ4n) is 2.59. The van der Waals surface area contributed by atoms with Gasteiger partial charge in [-0.25, -0.2) is 0 Å². The van der Waals surface area contributed by atoms with E-state index in [1.165, 1.54) is 4.90 Å². The molecule has 6 heteroatoms. The summed E-state index contributed by atoms with van der Waals surface area (Å²) < 4.78 is 4.92. The Labute approximate surface area is 140 Å². The second-order valence-corrected chi connectivity index (χ2v) is 6.02. The lowest BCUT2D eigenvalue weighted by molar-refractivity contribution is -0.149. The van der Waals surface area contributed by atoms with E-state index in [1.54, 1.807) is 38.1 Å². The van der Waals surface area contributed by atoms with E-state index in [1.807, 2.05) is 0 Å². The number of carbonyl (C=O) groups is 4. The zero-order valence-electron chi connectivity index (χ0n) is 13.9. The summed E-state index contributed by atoms with van der Waals surface area (Å²) in [5, 5.41) is 0. The molecule has 1 aliphatic heterocycles. The van der Waals surface area contributed by atoms with Crippen LogP contribution in [-0.4, -0.2) is 41.1 Å². The maximum atomic E-state index is 12.2. The van der Waals surface area contributed by atoms with E-state index >= 15 is 0 Å². The van der Waals surface area contributed by atoms with Gasteiger partial charge in [-0.1, -0.05) is 12.1 Å². The van der Waals surface area contributed by atoms with Crippen molar-refractivity contribution >= 4 is 23.6 Å². The van der Waals surface area contributed by atoms with Crippen molar-refractivity contribution in [3.05, 3.63) is 35.4 Å². The highest BCUT2D eigenvalue weighted by atomic mass is 16.5. The van der Waals surface area contributed by atoms with Crippen molar-refractivity contribution in [2.75, 3.05) is 6.54 Å². The van der Waals surface area contributed by atoms with Crippen LogP contribution < -0.4 is 0 Å². The number of esters is 1. The number of fused-ring (bicyclic) bond motifs is 1. The van der Waals surface area contributed by atoms with Crippen LogP contribution in [0, 0.1) is 0 Å². The van der Waals surface area contributed by atoms with Crippen LogP contribution in [0.1, 0.15) is 60.2 Å². The molecule has 0 fully saturated rings. The van der Waals surface area contributed by atoms with Gasteiger partial charge in [-0.2, -0.15) is 0 Å². The molecule has 1 aromatic carbocycles. The van der Waals surface area contributed by atoms with Crippen LogP contribution in [0.15, 0.2) is 24.3 Å². The van der Waals surface area contributed by atoms with Crippen LogP contribution in [0.2, 0.25) is 0 Å². The maximum Gasteiger partial charge on any atom is 0.313 e. The Bertz CT molecular complexity index is 630. The van der Waals surface area contributed by atoms with Gasteiger partial charge in [-0.05, 0) is 38.8 Å². The standard InChI is InChI=1S/C18H21NO5/c1-12(2)24-16(21)11-13(20)7-5-6-10-19-17(22)14-8-3-4-9-15(14)18(19)23/h3-4,8-9,12H,5-7,10-11H2,1-2H3. The number of rotatable bonds is 8. The Morgan fingerprint density at radius 3 is 2.17 bits per heavy atom. The lowest BCUT2D eigenvalue weighted by atomic mass is 10.1. The summed E-state index contributed by atoms with van der Waals surface area (Å²) in [6.45, 7) is 3.73. The van der Waals surface area contributed by atoms with Crippen molar-refractivity contribution in [1.82, 2.24) is 4.90 Å². The van der Waals surface area contributed by atoms with Gasteiger partial charge in [0.25, 0.3) is 11.8 Å². The molecule has 1 heterocycles. The molecule has 24 heavy (non-hydrogen) atoms. The molecule has 2 rings (SSSR count). The third-order valence-electron chi connectivity index (χ3n) is 3.67. The molecular weight excluding hydrogens is 310 g/mol. The molecular formula is C18H21NO5. The Kier molecular flexibility index (Phi) is 5.84. The Balaban J connectivity index is 1.74. The van der Waals surface area contributed by atoms with Crippen molar-refractivity contribution in [1.29, 1.82) is 0 Å². The van der Waals surface area contributed by atoms with Crippen molar-refractivity contribution in [3.8, 4) is 0 Å². The minimum absolute atomic E-state index is 0.192. The number of Topliss-reactive ketones (excluding diaryl/α,β-unsaturated/α-hetero) is 1. The molecule has 0 unspecified atom stereocenters. The van der Waals surface area contributed by atoms with Gasteiger partial charge in [0.05, 0.1) is 17.2 Å². The highest BCUT2D eigenvalue weighted by Crippen LogP contribution is 2.22. The summed E-state index contributed by atoms with van der Waals surface area (Å²) in [5.41, 5.74) is 0.852. The molecule has 1 aliphatic rings. The Morgan fingerprint density at radius 2 is 1.62 bits per heavy atom. The van der Waals surface area contributed by atoms with Crippen LogP contribution in [0.4, 0.5) is 0 Å². The smallest absolute Gasteiger partial charge is 0.313 e. The van der Waals surface area contributed by atoms with Crippen molar-refractivity contribution in [2.24, 2.45) is 0 Å². The first kappa shape index (κ1) is 17.8. The van der Waals surface area contributed by atoms with Crippen LogP contribution in [0.3, 0.4) is 0 Å². The average Bonchev–Trinajstić information content (AvgIpc) is 2.75. The minimum Gasteiger partial charge on any atom is -0.463 e. The van der Waals surface area contributed by atoms with Crippen LogP contribution in [0.25, 0.3) is 0 Å².